The number of fused-ring (bicyclic) bond motifs is 3. The van der Waals surface area contributed by atoms with Crippen molar-refractivity contribution in [3.8, 4) is 0 Å². The molecule has 4 saturated carbocycles. The van der Waals surface area contributed by atoms with Crippen molar-refractivity contribution in [3.63, 3.8) is 0 Å². The van der Waals surface area contributed by atoms with Crippen molar-refractivity contribution < 1.29 is 14.3 Å². The van der Waals surface area contributed by atoms with Crippen molar-refractivity contribution in [1.29, 1.82) is 0 Å². The summed E-state index contributed by atoms with van der Waals surface area (Å²) < 4.78 is 8.19. The lowest BCUT2D eigenvalue weighted by Gasteiger charge is -2.58. The van der Waals surface area contributed by atoms with Gasteiger partial charge in [0.25, 0.3) is 0 Å². The van der Waals surface area contributed by atoms with E-state index in [1.165, 1.54) is 60.7 Å². The number of aromatic nitrogens is 1. The van der Waals surface area contributed by atoms with E-state index in [2.05, 4.69) is 35.9 Å². The maximum Gasteiger partial charge on any atom is 0.329 e. The van der Waals surface area contributed by atoms with Crippen LogP contribution in [0.1, 0.15) is 74.7 Å². The van der Waals surface area contributed by atoms with E-state index < -0.39 is 6.04 Å². The summed E-state index contributed by atoms with van der Waals surface area (Å²) in [4.78, 5) is 29.1. The predicted octanol–water partition coefficient (Wildman–Crippen LogP) is 6.34. The second-order valence-corrected chi connectivity index (χ2v) is 12.8. The van der Waals surface area contributed by atoms with Crippen molar-refractivity contribution in [1.82, 2.24) is 9.47 Å². The Morgan fingerprint density at radius 1 is 0.921 bits per heavy atom. The summed E-state index contributed by atoms with van der Waals surface area (Å²) in [6.07, 6.45) is 9.49. The molecule has 3 aromatic rings. The topological polar surface area (TPSA) is 51.5 Å². The SMILES string of the molecule is CC(=O)N1[C@H](CC23CC4CC(CC(C4)C2)C3)c2c(c3ccccc3n2C)C[C@H]1C(=O)OCc1ccccc1. The summed E-state index contributed by atoms with van der Waals surface area (Å²) in [5.74, 6) is 2.20. The summed E-state index contributed by atoms with van der Waals surface area (Å²) in [6, 6.07) is 17.6. The van der Waals surface area contributed by atoms with Crippen LogP contribution in [0, 0.1) is 23.2 Å². The highest BCUT2D eigenvalue weighted by Crippen LogP contribution is 2.63. The van der Waals surface area contributed by atoms with Gasteiger partial charge in [0.2, 0.25) is 5.91 Å². The van der Waals surface area contributed by atoms with Gasteiger partial charge in [-0.15, -0.1) is 0 Å². The van der Waals surface area contributed by atoms with Gasteiger partial charge in [-0.25, -0.2) is 4.79 Å². The van der Waals surface area contributed by atoms with Gasteiger partial charge in [0.05, 0.1) is 6.04 Å². The van der Waals surface area contributed by atoms with Gasteiger partial charge < -0.3 is 14.2 Å². The first-order chi connectivity index (χ1) is 18.4. The maximum atomic E-state index is 13.7. The normalized spacial score (nSPS) is 31.4. The zero-order valence-electron chi connectivity index (χ0n) is 22.6. The van der Waals surface area contributed by atoms with Gasteiger partial charge in [-0.1, -0.05) is 48.5 Å². The molecule has 5 aliphatic rings. The molecule has 38 heavy (non-hydrogen) atoms. The Kier molecular flexibility index (Phi) is 5.68. The van der Waals surface area contributed by atoms with Crippen LogP contribution in [0.15, 0.2) is 54.6 Å². The number of nitrogens with zero attached hydrogens (tertiary/aromatic N) is 2. The molecule has 2 heterocycles. The zero-order valence-corrected chi connectivity index (χ0v) is 22.6. The minimum absolute atomic E-state index is 0.0303. The third kappa shape index (κ3) is 3.88. The molecule has 2 aromatic carbocycles. The van der Waals surface area contributed by atoms with Crippen molar-refractivity contribution in [2.75, 3.05) is 0 Å². The van der Waals surface area contributed by atoms with Crippen molar-refractivity contribution >= 4 is 22.8 Å². The van der Waals surface area contributed by atoms with E-state index in [4.69, 9.17) is 4.74 Å². The van der Waals surface area contributed by atoms with Crippen LogP contribution in [0.3, 0.4) is 0 Å². The number of carbonyl (C=O) groups excluding carboxylic acids is 2. The first-order valence-corrected chi connectivity index (χ1v) is 14.5. The van der Waals surface area contributed by atoms with Crippen molar-refractivity contribution in [2.24, 2.45) is 30.2 Å². The van der Waals surface area contributed by atoms with E-state index in [9.17, 15) is 9.59 Å². The predicted molar refractivity (Wildman–Crippen MR) is 147 cm³/mol. The van der Waals surface area contributed by atoms with Gasteiger partial charge in [0, 0.05) is 37.0 Å². The van der Waals surface area contributed by atoms with Gasteiger partial charge in [-0.05, 0) is 85.3 Å². The highest BCUT2D eigenvalue weighted by molar-refractivity contribution is 5.90. The number of benzene rings is 2. The third-order valence-electron chi connectivity index (χ3n) is 10.3. The lowest BCUT2D eigenvalue weighted by Crippen LogP contribution is -2.54. The number of rotatable bonds is 5. The number of hydrogen-bond donors (Lipinski definition) is 0. The molecule has 0 saturated heterocycles. The molecule has 0 unspecified atom stereocenters. The number of ether oxygens (including phenoxy) is 1. The van der Waals surface area contributed by atoms with Crippen LogP contribution in [-0.4, -0.2) is 27.4 Å². The molecule has 1 aliphatic heterocycles. The van der Waals surface area contributed by atoms with E-state index >= 15 is 0 Å². The van der Waals surface area contributed by atoms with Crippen LogP contribution in [0.4, 0.5) is 0 Å². The number of carbonyl (C=O) groups is 2. The fourth-order valence-electron chi connectivity index (χ4n) is 9.38. The summed E-state index contributed by atoms with van der Waals surface area (Å²) >= 11 is 0. The quantitative estimate of drug-likeness (QED) is 0.376. The molecular weight excluding hydrogens is 472 g/mol. The Morgan fingerprint density at radius 3 is 2.21 bits per heavy atom. The molecule has 4 aliphatic carbocycles. The lowest BCUT2D eigenvalue weighted by atomic mass is 9.48. The number of aryl methyl sites for hydroxylation is 1. The molecule has 1 aromatic heterocycles. The molecule has 0 N–H and O–H groups in total. The molecule has 5 nitrogen and oxygen atoms in total. The first kappa shape index (κ1) is 24.0. The van der Waals surface area contributed by atoms with Crippen LogP contribution in [0.2, 0.25) is 0 Å². The van der Waals surface area contributed by atoms with E-state index in [0.717, 1.165) is 29.7 Å². The molecule has 0 radical (unpaired) electrons. The Bertz CT molecular complexity index is 1350. The molecule has 4 fully saturated rings. The molecule has 5 heteroatoms. The number of amides is 1. The summed E-state index contributed by atoms with van der Waals surface area (Å²) in [5.41, 5.74) is 4.86. The lowest BCUT2D eigenvalue weighted by molar-refractivity contribution is -0.160. The van der Waals surface area contributed by atoms with E-state index in [-0.39, 0.29) is 29.9 Å². The van der Waals surface area contributed by atoms with E-state index in [1.807, 2.05) is 35.2 Å². The van der Waals surface area contributed by atoms with E-state index in [0.29, 0.717) is 6.42 Å². The molecule has 198 valence electrons. The second kappa shape index (κ2) is 9.00. The Balaban J connectivity index is 1.29. The van der Waals surface area contributed by atoms with Crippen LogP contribution in [0.5, 0.6) is 0 Å². The third-order valence-corrected chi connectivity index (χ3v) is 10.3. The van der Waals surface area contributed by atoms with Gasteiger partial charge in [-0.2, -0.15) is 0 Å². The van der Waals surface area contributed by atoms with Crippen molar-refractivity contribution in [2.45, 2.75) is 77.0 Å². The average Bonchev–Trinajstić information content (AvgIpc) is 3.18. The standard InChI is InChI=1S/C33H38N2O3/c1-21(36)35-29(32(37)38-20-22-8-4-3-5-9-22)15-27-26-10-6-7-11-28(26)34(2)31(27)30(35)19-33-16-23-12-24(17-33)14-25(13-23)18-33/h3-11,23-25,29-30H,12-20H2,1-2H3/t23?,24?,25?,29-,30+,33?/m0/s1. The van der Waals surface area contributed by atoms with E-state index in [1.54, 1.807) is 6.92 Å². The summed E-state index contributed by atoms with van der Waals surface area (Å²) in [6.45, 7) is 1.86. The molecule has 0 spiro atoms. The van der Waals surface area contributed by atoms with Gasteiger partial charge in [-0.3, -0.25) is 4.79 Å². The maximum absolute atomic E-state index is 13.7. The molecule has 1 amide bonds. The number of esters is 1. The average molecular weight is 511 g/mol. The number of hydrogen-bond acceptors (Lipinski definition) is 3. The fourth-order valence-corrected chi connectivity index (χ4v) is 9.38. The molecular formula is C33H38N2O3. The summed E-state index contributed by atoms with van der Waals surface area (Å²) in [5, 5.41) is 1.20. The molecule has 4 bridgehead atoms. The van der Waals surface area contributed by atoms with Crippen LogP contribution >= 0.6 is 0 Å². The monoisotopic (exact) mass is 510 g/mol. The zero-order chi connectivity index (χ0) is 26.0. The first-order valence-electron chi connectivity index (χ1n) is 14.5. The Hall–Kier alpha value is -3.08. The smallest absolute Gasteiger partial charge is 0.329 e. The van der Waals surface area contributed by atoms with Gasteiger partial charge in [0.1, 0.15) is 12.6 Å². The fraction of sp³-hybridized carbons (Fsp3) is 0.515. The van der Waals surface area contributed by atoms with Gasteiger partial charge >= 0.3 is 5.97 Å². The van der Waals surface area contributed by atoms with Crippen LogP contribution in [-0.2, 0) is 34.4 Å². The second-order valence-electron chi connectivity index (χ2n) is 12.8. The minimum Gasteiger partial charge on any atom is -0.459 e. The largest absolute Gasteiger partial charge is 0.459 e. The Labute approximate surface area is 225 Å². The highest BCUT2D eigenvalue weighted by atomic mass is 16.5. The minimum atomic E-state index is -0.603. The molecule has 2 atom stereocenters. The number of para-hydroxylation sites is 1. The van der Waals surface area contributed by atoms with Crippen molar-refractivity contribution in [3.05, 3.63) is 71.4 Å². The highest BCUT2D eigenvalue weighted by Gasteiger charge is 2.54. The Morgan fingerprint density at radius 2 is 1.55 bits per heavy atom. The van der Waals surface area contributed by atoms with Crippen LogP contribution < -0.4 is 0 Å². The van der Waals surface area contributed by atoms with Crippen LogP contribution in [0.25, 0.3) is 10.9 Å². The van der Waals surface area contributed by atoms with Gasteiger partial charge in [0.15, 0.2) is 0 Å². The summed E-state index contributed by atoms with van der Waals surface area (Å²) in [7, 11) is 2.14. The molecule has 8 rings (SSSR count).